The van der Waals surface area contributed by atoms with Crippen LogP contribution >= 0.6 is 0 Å². The Bertz CT molecular complexity index is 418. The Balaban J connectivity index is 2.03. The van der Waals surface area contributed by atoms with Gasteiger partial charge in [-0.15, -0.1) is 0 Å². The van der Waals surface area contributed by atoms with E-state index in [2.05, 4.69) is 0 Å². The SMILES string of the molecule is CCCC1(C(=O)O)CCN(C(=O)C2(C)COCC2N)CC1. The third-order valence-corrected chi connectivity index (χ3v) is 5.20. The molecule has 0 saturated carbocycles. The molecule has 0 bridgehead atoms. The highest BCUT2D eigenvalue weighted by atomic mass is 16.5. The number of hydrogen-bond donors (Lipinski definition) is 2. The Kier molecular flexibility index (Phi) is 4.58. The van der Waals surface area contributed by atoms with Crippen molar-refractivity contribution in [2.45, 2.75) is 45.6 Å². The summed E-state index contributed by atoms with van der Waals surface area (Å²) in [5, 5.41) is 9.51. The van der Waals surface area contributed by atoms with Crippen molar-refractivity contribution in [1.29, 1.82) is 0 Å². The number of carboxylic acid groups (broad SMARTS) is 1. The molecule has 2 aliphatic heterocycles. The Hall–Kier alpha value is -1.14. The number of piperidine rings is 1. The fourth-order valence-electron chi connectivity index (χ4n) is 3.46. The van der Waals surface area contributed by atoms with Crippen molar-refractivity contribution in [1.82, 2.24) is 4.90 Å². The summed E-state index contributed by atoms with van der Waals surface area (Å²) in [5.74, 6) is -0.730. The Morgan fingerprint density at radius 2 is 2.00 bits per heavy atom. The van der Waals surface area contributed by atoms with Gasteiger partial charge < -0.3 is 20.5 Å². The summed E-state index contributed by atoms with van der Waals surface area (Å²) >= 11 is 0. The van der Waals surface area contributed by atoms with Crippen molar-refractivity contribution >= 4 is 11.9 Å². The molecule has 0 aromatic carbocycles. The summed E-state index contributed by atoms with van der Waals surface area (Å²) < 4.78 is 5.34. The van der Waals surface area contributed by atoms with E-state index in [1.807, 2.05) is 13.8 Å². The Labute approximate surface area is 125 Å². The van der Waals surface area contributed by atoms with Gasteiger partial charge in [0.25, 0.3) is 0 Å². The molecule has 0 spiro atoms. The van der Waals surface area contributed by atoms with Crippen molar-refractivity contribution in [3.63, 3.8) is 0 Å². The van der Waals surface area contributed by atoms with Crippen LogP contribution in [0.4, 0.5) is 0 Å². The highest BCUT2D eigenvalue weighted by Crippen LogP contribution is 2.38. The lowest BCUT2D eigenvalue weighted by atomic mass is 9.74. The predicted molar refractivity (Wildman–Crippen MR) is 77.7 cm³/mol. The van der Waals surface area contributed by atoms with Gasteiger partial charge in [-0.2, -0.15) is 0 Å². The molecule has 6 nitrogen and oxygen atoms in total. The van der Waals surface area contributed by atoms with Gasteiger partial charge in [0.05, 0.1) is 24.0 Å². The number of rotatable bonds is 4. The molecule has 1 amide bonds. The van der Waals surface area contributed by atoms with E-state index >= 15 is 0 Å². The second-order valence-electron chi connectivity index (χ2n) is 6.67. The van der Waals surface area contributed by atoms with E-state index in [9.17, 15) is 14.7 Å². The van der Waals surface area contributed by atoms with Crippen molar-refractivity contribution in [3.05, 3.63) is 0 Å². The molecule has 3 N–H and O–H groups in total. The number of aliphatic carboxylic acids is 1. The van der Waals surface area contributed by atoms with Crippen molar-refractivity contribution in [2.24, 2.45) is 16.6 Å². The number of carboxylic acids is 1. The minimum absolute atomic E-state index is 0.00277. The number of carbonyl (C=O) groups excluding carboxylic acids is 1. The largest absolute Gasteiger partial charge is 0.481 e. The van der Waals surface area contributed by atoms with Crippen LogP contribution in [0.15, 0.2) is 0 Å². The summed E-state index contributed by atoms with van der Waals surface area (Å²) in [6, 6.07) is -0.285. The van der Waals surface area contributed by atoms with Crippen LogP contribution in [-0.4, -0.2) is 54.2 Å². The smallest absolute Gasteiger partial charge is 0.309 e. The highest BCUT2D eigenvalue weighted by molar-refractivity contribution is 5.84. The molecule has 0 radical (unpaired) electrons. The summed E-state index contributed by atoms with van der Waals surface area (Å²) in [6.07, 6.45) is 2.56. The second kappa shape index (κ2) is 5.93. The first-order valence-corrected chi connectivity index (χ1v) is 7.72. The third kappa shape index (κ3) is 2.79. The van der Waals surface area contributed by atoms with Crippen molar-refractivity contribution in [2.75, 3.05) is 26.3 Å². The Morgan fingerprint density at radius 3 is 2.43 bits per heavy atom. The van der Waals surface area contributed by atoms with E-state index in [0.717, 1.165) is 6.42 Å². The topological polar surface area (TPSA) is 92.9 Å². The van der Waals surface area contributed by atoms with Gasteiger partial charge in [0.1, 0.15) is 0 Å². The maximum absolute atomic E-state index is 12.7. The number of nitrogens with zero attached hydrogens (tertiary/aromatic N) is 1. The van der Waals surface area contributed by atoms with Crippen LogP contribution in [0, 0.1) is 10.8 Å². The minimum atomic E-state index is -0.733. The fourth-order valence-corrected chi connectivity index (χ4v) is 3.46. The van der Waals surface area contributed by atoms with Gasteiger partial charge in [-0.3, -0.25) is 9.59 Å². The molecule has 2 atom stereocenters. The van der Waals surface area contributed by atoms with Gasteiger partial charge in [0.2, 0.25) is 5.91 Å². The molecule has 120 valence electrons. The number of ether oxygens (including phenoxy) is 1. The maximum Gasteiger partial charge on any atom is 0.309 e. The molecule has 0 aromatic heterocycles. The first-order valence-electron chi connectivity index (χ1n) is 7.72. The molecule has 2 unspecified atom stereocenters. The zero-order valence-electron chi connectivity index (χ0n) is 12.9. The van der Waals surface area contributed by atoms with Crippen LogP contribution < -0.4 is 5.73 Å². The van der Waals surface area contributed by atoms with Crippen LogP contribution in [0.25, 0.3) is 0 Å². The van der Waals surface area contributed by atoms with Gasteiger partial charge >= 0.3 is 5.97 Å². The lowest BCUT2D eigenvalue weighted by Crippen LogP contribution is -2.55. The molecule has 2 heterocycles. The zero-order valence-corrected chi connectivity index (χ0v) is 12.9. The van der Waals surface area contributed by atoms with E-state index in [1.165, 1.54) is 0 Å². The normalized spacial score (nSPS) is 32.1. The van der Waals surface area contributed by atoms with Crippen molar-refractivity contribution in [3.8, 4) is 0 Å². The lowest BCUT2D eigenvalue weighted by Gasteiger charge is -2.41. The minimum Gasteiger partial charge on any atom is -0.481 e. The van der Waals surface area contributed by atoms with Crippen LogP contribution in [0.2, 0.25) is 0 Å². The number of amides is 1. The highest BCUT2D eigenvalue weighted by Gasteiger charge is 2.49. The molecule has 0 aromatic rings. The molecule has 0 aliphatic carbocycles. The van der Waals surface area contributed by atoms with E-state index in [0.29, 0.717) is 45.6 Å². The molecular weight excluding hydrogens is 272 g/mol. The van der Waals surface area contributed by atoms with Crippen LogP contribution in [0.5, 0.6) is 0 Å². The molecule has 6 heteroatoms. The molecule has 2 saturated heterocycles. The molecule has 2 aliphatic rings. The van der Waals surface area contributed by atoms with Crippen LogP contribution in [0.1, 0.15) is 39.5 Å². The molecule has 2 rings (SSSR count). The molecular formula is C15H26N2O4. The average Bonchev–Trinajstić information content (AvgIpc) is 2.80. The fraction of sp³-hybridized carbons (Fsp3) is 0.867. The molecule has 2 fully saturated rings. The Morgan fingerprint density at radius 1 is 1.38 bits per heavy atom. The first kappa shape index (κ1) is 16.2. The van der Waals surface area contributed by atoms with Gasteiger partial charge in [-0.1, -0.05) is 13.3 Å². The predicted octanol–water partition coefficient (Wildman–Crippen LogP) is 0.844. The summed E-state index contributed by atoms with van der Waals surface area (Å²) in [6.45, 7) is 5.59. The van der Waals surface area contributed by atoms with Crippen LogP contribution in [-0.2, 0) is 14.3 Å². The van der Waals surface area contributed by atoms with E-state index in [-0.39, 0.29) is 11.9 Å². The molecule has 21 heavy (non-hydrogen) atoms. The third-order valence-electron chi connectivity index (χ3n) is 5.20. The zero-order chi connectivity index (χ0) is 15.7. The van der Waals surface area contributed by atoms with Gasteiger partial charge in [0.15, 0.2) is 0 Å². The second-order valence-corrected chi connectivity index (χ2v) is 6.67. The quantitative estimate of drug-likeness (QED) is 0.802. The summed E-state index contributed by atoms with van der Waals surface area (Å²) in [5.41, 5.74) is 4.66. The number of hydrogen-bond acceptors (Lipinski definition) is 4. The van der Waals surface area contributed by atoms with Gasteiger partial charge in [-0.05, 0) is 26.2 Å². The van der Waals surface area contributed by atoms with Crippen molar-refractivity contribution < 1.29 is 19.4 Å². The lowest BCUT2D eigenvalue weighted by molar-refractivity contribution is -0.157. The number of carbonyl (C=O) groups is 2. The van der Waals surface area contributed by atoms with E-state index < -0.39 is 16.8 Å². The monoisotopic (exact) mass is 298 g/mol. The number of nitrogens with two attached hydrogens (primary N) is 1. The maximum atomic E-state index is 12.7. The summed E-state index contributed by atoms with van der Waals surface area (Å²) in [4.78, 5) is 26.0. The van der Waals surface area contributed by atoms with Crippen LogP contribution in [0.3, 0.4) is 0 Å². The number of likely N-dealkylation sites (tertiary alicyclic amines) is 1. The van der Waals surface area contributed by atoms with E-state index in [4.69, 9.17) is 10.5 Å². The van der Waals surface area contributed by atoms with Gasteiger partial charge in [-0.25, -0.2) is 0 Å². The van der Waals surface area contributed by atoms with Gasteiger partial charge in [0, 0.05) is 19.1 Å². The first-order chi connectivity index (χ1) is 9.85. The summed E-state index contributed by atoms with van der Waals surface area (Å²) in [7, 11) is 0. The standard InChI is InChI=1S/C15H26N2O4/c1-3-4-15(13(19)20)5-7-17(8-6-15)12(18)14(2)10-21-9-11(14)16/h11H,3-10,16H2,1-2H3,(H,19,20). The van der Waals surface area contributed by atoms with E-state index in [1.54, 1.807) is 4.90 Å². The average molecular weight is 298 g/mol.